The van der Waals surface area contributed by atoms with Gasteiger partial charge in [-0.15, -0.1) is 0 Å². The quantitative estimate of drug-likeness (QED) is 0.0723. The van der Waals surface area contributed by atoms with Crippen molar-refractivity contribution in [3.05, 3.63) is 144 Å². The summed E-state index contributed by atoms with van der Waals surface area (Å²) in [6.45, 7) is 6.65. The Morgan fingerprint density at radius 1 is 0.508 bits per heavy atom. The normalized spacial score (nSPS) is 12.9. The lowest BCUT2D eigenvalue weighted by Gasteiger charge is -2.24. The summed E-state index contributed by atoms with van der Waals surface area (Å²) < 4.78 is 0. The molecule has 0 spiro atoms. The molecule has 5 aromatic carbocycles. The number of amides is 6. The molecule has 0 fully saturated rings. The molecule has 13 nitrogen and oxygen atoms in total. The van der Waals surface area contributed by atoms with Gasteiger partial charge in [0.25, 0.3) is 11.8 Å². The zero-order valence-electron chi connectivity index (χ0n) is 33.3. The second kappa shape index (κ2) is 19.8. The number of carbonyl (C=O) groups excluding carboxylic acids is 6. The van der Waals surface area contributed by atoms with Gasteiger partial charge >= 0.3 is 0 Å². The van der Waals surface area contributed by atoms with Gasteiger partial charge in [0.2, 0.25) is 23.6 Å². The SMILES string of the molecule is CC(C)[C@H](NC(=O)[C@H](Cc1ccccc1)NC(=O)c1ccccc1-c1ccccc1C(=O)N[C@@H](C)C(=O)Nc1ccccc1-c1ccccc1NC(=O)[C@H](C)N)C(N)=O. The third kappa shape index (κ3) is 11.1. The number of para-hydroxylation sites is 2. The Hall–Kier alpha value is -7.12. The third-order valence-electron chi connectivity index (χ3n) is 9.62. The lowest BCUT2D eigenvalue weighted by Crippen LogP contribution is -2.55. The van der Waals surface area contributed by atoms with Crippen molar-refractivity contribution < 1.29 is 28.8 Å². The predicted molar refractivity (Wildman–Crippen MR) is 229 cm³/mol. The molecule has 13 heteroatoms. The molecule has 0 aliphatic heterocycles. The maximum Gasteiger partial charge on any atom is 0.252 e. The van der Waals surface area contributed by atoms with Gasteiger partial charge < -0.3 is 38.1 Å². The summed E-state index contributed by atoms with van der Waals surface area (Å²) in [6.07, 6.45) is 0.129. The number of hydrogen-bond donors (Lipinski definition) is 7. The van der Waals surface area contributed by atoms with Crippen molar-refractivity contribution in [3.63, 3.8) is 0 Å². The molecule has 5 rings (SSSR count). The van der Waals surface area contributed by atoms with Crippen molar-refractivity contribution in [2.75, 3.05) is 10.6 Å². The summed E-state index contributed by atoms with van der Waals surface area (Å²) in [7, 11) is 0. The minimum atomic E-state index is -1.08. The molecule has 0 aliphatic carbocycles. The van der Waals surface area contributed by atoms with Gasteiger partial charge in [-0.3, -0.25) is 28.8 Å². The molecule has 0 heterocycles. The molecule has 304 valence electrons. The topological polar surface area (TPSA) is 215 Å². The molecule has 4 atom stereocenters. The Morgan fingerprint density at radius 3 is 1.44 bits per heavy atom. The summed E-state index contributed by atoms with van der Waals surface area (Å²) in [5, 5.41) is 14.1. The van der Waals surface area contributed by atoms with Crippen LogP contribution in [0.4, 0.5) is 11.4 Å². The summed E-state index contributed by atoms with van der Waals surface area (Å²) in [5.41, 5.74) is 15.6. The van der Waals surface area contributed by atoms with Crippen molar-refractivity contribution >= 4 is 46.8 Å². The Morgan fingerprint density at radius 2 is 0.949 bits per heavy atom. The minimum Gasteiger partial charge on any atom is -0.368 e. The van der Waals surface area contributed by atoms with Gasteiger partial charge in [0.15, 0.2) is 0 Å². The first-order valence-corrected chi connectivity index (χ1v) is 19.2. The number of primary amides is 1. The molecule has 0 aliphatic rings. The van der Waals surface area contributed by atoms with Crippen LogP contribution in [0.15, 0.2) is 127 Å². The highest BCUT2D eigenvalue weighted by Gasteiger charge is 2.29. The maximum absolute atomic E-state index is 14.1. The van der Waals surface area contributed by atoms with Crippen LogP contribution >= 0.6 is 0 Å². The summed E-state index contributed by atoms with van der Waals surface area (Å²) in [5.74, 6) is -3.58. The minimum absolute atomic E-state index is 0.129. The molecule has 0 bridgehead atoms. The van der Waals surface area contributed by atoms with Crippen LogP contribution < -0.4 is 38.1 Å². The van der Waals surface area contributed by atoms with Gasteiger partial charge in [0, 0.05) is 40.0 Å². The summed E-state index contributed by atoms with van der Waals surface area (Å²) in [4.78, 5) is 79.9. The highest BCUT2D eigenvalue weighted by molar-refractivity contribution is 6.09. The van der Waals surface area contributed by atoms with E-state index in [1.165, 1.54) is 0 Å². The van der Waals surface area contributed by atoms with E-state index in [-0.39, 0.29) is 29.4 Å². The molecule has 0 aromatic heterocycles. The first-order valence-electron chi connectivity index (χ1n) is 19.2. The van der Waals surface area contributed by atoms with E-state index in [1.807, 2.05) is 42.5 Å². The molecule has 0 radical (unpaired) electrons. The molecule has 0 unspecified atom stereocenters. The monoisotopic (exact) mass is 795 g/mol. The fourth-order valence-electron chi connectivity index (χ4n) is 6.43. The number of rotatable bonds is 16. The zero-order chi connectivity index (χ0) is 42.6. The summed E-state index contributed by atoms with van der Waals surface area (Å²) in [6, 6.07) is 32.9. The van der Waals surface area contributed by atoms with Gasteiger partial charge in [-0.2, -0.15) is 0 Å². The number of hydrogen-bond acceptors (Lipinski definition) is 7. The number of benzene rings is 5. The van der Waals surface area contributed by atoms with E-state index in [0.29, 0.717) is 33.6 Å². The fourth-order valence-corrected chi connectivity index (χ4v) is 6.43. The van der Waals surface area contributed by atoms with Gasteiger partial charge in [-0.1, -0.05) is 117 Å². The van der Waals surface area contributed by atoms with Crippen LogP contribution in [0.2, 0.25) is 0 Å². The van der Waals surface area contributed by atoms with Crippen LogP contribution in [-0.4, -0.2) is 59.6 Å². The second-order valence-corrected chi connectivity index (χ2v) is 14.5. The standard InChI is InChI=1S/C46H49N7O6/c1-27(2)40(41(48)54)53-46(59)39(26-30-16-6-5-7-17-30)52-45(58)36-23-11-9-19-32(36)31-18-8-10-22-35(31)44(57)49-29(4)43(56)51-38-25-15-13-21-34(38)33-20-12-14-24-37(33)50-42(55)28(3)47/h5-25,27-29,39-40H,26,47H2,1-4H3,(H2,48,54)(H,49,57)(H,50,55)(H,51,56)(H,52,58)(H,53,59)/t28-,29-,39-,40-/m0/s1. The Kier molecular flexibility index (Phi) is 14.5. The molecular formula is C46H49N7O6. The van der Waals surface area contributed by atoms with Crippen LogP contribution in [0, 0.1) is 5.92 Å². The van der Waals surface area contributed by atoms with Crippen LogP contribution in [-0.2, 0) is 25.6 Å². The Bertz CT molecular complexity index is 2330. The van der Waals surface area contributed by atoms with E-state index in [4.69, 9.17) is 11.5 Å². The number of carbonyl (C=O) groups is 6. The van der Waals surface area contributed by atoms with Crippen molar-refractivity contribution in [2.45, 2.75) is 58.3 Å². The number of nitrogens with two attached hydrogens (primary N) is 2. The molecule has 6 amide bonds. The van der Waals surface area contributed by atoms with Crippen molar-refractivity contribution in [2.24, 2.45) is 17.4 Å². The lowest BCUT2D eigenvalue weighted by molar-refractivity contribution is -0.129. The van der Waals surface area contributed by atoms with Crippen molar-refractivity contribution in [1.82, 2.24) is 16.0 Å². The summed E-state index contributed by atoms with van der Waals surface area (Å²) >= 11 is 0. The first-order chi connectivity index (χ1) is 28.2. The van der Waals surface area contributed by atoms with Gasteiger partial charge in [0.05, 0.1) is 6.04 Å². The van der Waals surface area contributed by atoms with Crippen LogP contribution in [0.5, 0.6) is 0 Å². The molecular weight excluding hydrogens is 747 g/mol. The fraction of sp³-hybridized carbons (Fsp3) is 0.217. The second-order valence-electron chi connectivity index (χ2n) is 14.5. The average molecular weight is 796 g/mol. The van der Waals surface area contributed by atoms with E-state index >= 15 is 0 Å². The van der Waals surface area contributed by atoms with Gasteiger partial charge in [0.1, 0.15) is 18.1 Å². The third-order valence-corrected chi connectivity index (χ3v) is 9.62. The highest BCUT2D eigenvalue weighted by atomic mass is 16.2. The predicted octanol–water partition coefficient (Wildman–Crippen LogP) is 5.03. The Balaban J connectivity index is 1.36. The van der Waals surface area contributed by atoms with Gasteiger partial charge in [-0.05, 0) is 60.7 Å². The van der Waals surface area contributed by atoms with Crippen molar-refractivity contribution in [1.29, 1.82) is 0 Å². The molecule has 9 N–H and O–H groups in total. The molecule has 59 heavy (non-hydrogen) atoms. The van der Waals surface area contributed by atoms with E-state index in [1.54, 1.807) is 113 Å². The lowest BCUT2D eigenvalue weighted by atomic mass is 9.94. The first kappa shape index (κ1) is 43.0. The van der Waals surface area contributed by atoms with E-state index in [0.717, 1.165) is 5.56 Å². The van der Waals surface area contributed by atoms with E-state index in [2.05, 4.69) is 26.6 Å². The molecule has 0 saturated heterocycles. The zero-order valence-corrected chi connectivity index (χ0v) is 33.3. The van der Waals surface area contributed by atoms with Crippen LogP contribution in [0.1, 0.15) is 54.0 Å². The largest absolute Gasteiger partial charge is 0.368 e. The Labute approximate surface area is 343 Å². The number of nitrogens with one attached hydrogen (secondary N) is 5. The van der Waals surface area contributed by atoms with Crippen molar-refractivity contribution in [3.8, 4) is 22.3 Å². The highest BCUT2D eigenvalue weighted by Crippen LogP contribution is 2.34. The number of anilines is 2. The van der Waals surface area contributed by atoms with E-state index < -0.39 is 53.7 Å². The van der Waals surface area contributed by atoms with Crippen LogP contribution in [0.25, 0.3) is 22.3 Å². The molecule has 0 saturated carbocycles. The average Bonchev–Trinajstić information content (AvgIpc) is 3.22. The maximum atomic E-state index is 14.1. The van der Waals surface area contributed by atoms with Gasteiger partial charge in [-0.25, -0.2) is 0 Å². The van der Waals surface area contributed by atoms with Crippen LogP contribution in [0.3, 0.4) is 0 Å². The molecule has 5 aromatic rings. The van der Waals surface area contributed by atoms with E-state index in [9.17, 15) is 28.8 Å². The smallest absolute Gasteiger partial charge is 0.252 e.